The van der Waals surface area contributed by atoms with Crippen LogP contribution in [0.1, 0.15) is 85.1 Å². The van der Waals surface area contributed by atoms with Crippen molar-refractivity contribution in [2.45, 2.75) is 73.3 Å². The lowest BCUT2D eigenvalue weighted by molar-refractivity contribution is 0.101. The van der Waals surface area contributed by atoms with Crippen LogP contribution in [0.3, 0.4) is 0 Å². The molecular weight excluding hydrogens is 512 g/mol. The topological polar surface area (TPSA) is 20.3 Å². The van der Waals surface area contributed by atoms with Crippen molar-refractivity contribution in [1.29, 1.82) is 0 Å². The van der Waals surface area contributed by atoms with E-state index in [1.807, 2.05) is 26.0 Å². The van der Waals surface area contributed by atoms with E-state index in [4.69, 9.17) is 0 Å². The van der Waals surface area contributed by atoms with Gasteiger partial charge in [0.1, 0.15) is 11.6 Å². The van der Waals surface area contributed by atoms with Crippen molar-refractivity contribution in [3.05, 3.63) is 123 Å². The summed E-state index contributed by atoms with van der Waals surface area (Å²) in [4.78, 5) is 13.9. The fourth-order valence-electron chi connectivity index (χ4n) is 6.07. The van der Waals surface area contributed by atoms with Gasteiger partial charge in [0.25, 0.3) is 0 Å². The van der Waals surface area contributed by atoms with Gasteiger partial charge in [-0.15, -0.1) is 0 Å². The van der Waals surface area contributed by atoms with Gasteiger partial charge in [-0.3, -0.25) is 9.69 Å². The molecule has 1 fully saturated rings. The Bertz CT molecular complexity index is 1430. The van der Waals surface area contributed by atoms with E-state index in [2.05, 4.69) is 54.3 Å². The maximum atomic E-state index is 14.4. The predicted octanol–water partition coefficient (Wildman–Crippen LogP) is 9.30. The Morgan fingerprint density at radius 2 is 1.61 bits per heavy atom. The second-order valence-corrected chi connectivity index (χ2v) is 11.3. The van der Waals surface area contributed by atoms with Gasteiger partial charge in [0.15, 0.2) is 5.78 Å². The Hall–Kier alpha value is -3.37. The summed E-state index contributed by atoms with van der Waals surface area (Å²) >= 11 is 0. The quantitative estimate of drug-likeness (QED) is 0.271. The Balaban J connectivity index is 0.00000189. The zero-order valence-corrected chi connectivity index (χ0v) is 25.2. The molecule has 0 bridgehead atoms. The van der Waals surface area contributed by atoms with Gasteiger partial charge in [0.05, 0.1) is 0 Å². The Morgan fingerprint density at radius 1 is 0.927 bits per heavy atom. The van der Waals surface area contributed by atoms with Crippen LogP contribution in [0.25, 0.3) is 5.57 Å². The lowest BCUT2D eigenvalue weighted by Crippen LogP contribution is -2.33. The summed E-state index contributed by atoms with van der Waals surface area (Å²) in [6.07, 6.45) is 7.37. The first kappa shape index (κ1) is 30.6. The first-order valence-corrected chi connectivity index (χ1v) is 15.0. The predicted molar refractivity (Wildman–Crippen MR) is 166 cm³/mol. The largest absolute Gasteiger partial charge is 0.299 e. The highest BCUT2D eigenvalue weighted by molar-refractivity contribution is 5.94. The number of allylic oxidation sites excluding steroid dienone is 4. The second kappa shape index (κ2) is 14.0. The molecule has 3 aromatic rings. The first-order chi connectivity index (χ1) is 19.8. The summed E-state index contributed by atoms with van der Waals surface area (Å²) < 4.78 is 28.4. The molecule has 216 valence electrons. The summed E-state index contributed by atoms with van der Waals surface area (Å²) in [6, 6.07) is 19.4. The highest BCUT2D eigenvalue weighted by Gasteiger charge is 2.23. The van der Waals surface area contributed by atoms with E-state index in [-0.39, 0.29) is 17.4 Å². The van der Waals surface area contributed by atoms with Gasteiger partial charge in [-0.25, -0.2) is 8.78 Å². The molecule has 1 aliphatic heterocycles. The number of hydrogen-bond donors (Lipinski definition) is 0. The molecule has 4 heteroatoms. The van der Waals surface area contributed by atoms with E-state index < -0.39 is 0 Å². The molecule has 3 aromatic carbocycles. The minimum atomic E-state index is -0.335. The minimum Gasteiger partial charge on any atom is -0.299 e. The molecular formula is C37H43F2NO. The second-order valence-electron chi connectivity index (χ2n) is 11.3. The third-order valence-corrected chi connectivity index (χ3v) is 8.38. The number of fused-ring (bicyclic) bond motifs is 1. The molecule has 1 heterocycles. The number of Topliss-reactive ketones (excluding diaryl/α,β-unsaturated/α-hetero) is 1. The molecule has 0 N–H and O–H groups in total. The number of carbonyl (C=O) groups is 1. The van der Waals surface area contributed by atoms with Crippen LogP contribution in [0.2, 0.25) is 0 Å². The molecule has 0 unspecified atom stereocenters. The van der Waals surface area contributed by atoms with Crippen molar-refractivity contribution in [3.8, 4) is 0 Å². The zero-order chi connectivity index (χ0) is 29.5. The number of carbonyl (C=O) groups excluding carboxylic acids is 1. The van der Waals surface area contributed by atoms with Gasteiger partial charge in [-0.2, -0.15) is 0 Å². The molecule has 0 amide bonds. The van der Waals surface area contributed by atoms with E-state index in [9.17, 15) is 13.6 Å². The van der Waals surface area contributed by atoms with E-state index in [0.717, 1.165) is 50.8 Å². The van der Waals surface area contributed by atoms with Crippen LogP contribution >= 0.6 is 0 Å². The molecule has 5 rings (SSSR count). The number of nitrogens with zero attached hydrogens (tertiary/aromatic N) is 1. The number of aryl methyl sites for hydroxylation is 1. The van der Waals surface area contributed by atoms with E-state index in [1.54, 1.807) is 13.8 Å². The monoisotopic (exact) mass is 555 g/mol. The number of ketones is 1. The third-order valence-electron chi connectivity index (χ3n) is 8.38. The van der Waals surface area contributed by atoms with Crippen LogP contribution in [0.5, 0.6) is 0 Å². The average molecular weight is 556 g/mol. The molecule has 2 aliphatic rings. The standard InChI is InChI=1S/C35H37F2NO.C2H6/c1-23-16-28(18-27-12-14-38(15-13-27)22-31-21-34(36)24(2)17-35(31)37)19-30-6-4-5-7-32(30)33(23)20-26-8-10-29(11-9-26)25(3)39;1-2/h4-11,16-17,21,27H,12-15,18-20,22H2,1-3H3;1-2H3. The van der Waals surface area contributed by atoms with Crippen LogP contribution in [0, 0.1) is 24.5 Å². The molecule has 41 heavy (non-hydrogen) atoms. The SMILES string of the molecule is CC.CC(=O)c1ccc(CC2=C(C)C=C(CC3CCN(Cc4cc(F)c(C)cc4F)CC3)Cc3ccccc32)cc1. The molecule has 0 atom stereocenters. The fraction of sp³-hybridized carbons (Fsp3) is 0.378. The Morgan fingerprint density at radius 3 is 2.29 bits per heavy atom. The molecule has 1 aliphatic carbocycles. The maximum absolute atomic E-state index is 14.4. The van der Waals surface area contributed by atoms with Crippen molar-refractivity contribution in [1.82, 2.24) is 4.90 Å². The third kappa shape index (κ3) is 7.68. The van der Waals surface area contributed by atoms with Crippen LogP contribution in [-0.2, 0) is 19.4 Å². The summed E-state index contributed by atoms with van der Waals surface area (Å²) in [5, 5.41) is 0. The van der Waals surface area contributed by atoms with Crippen LogP contribution < -0.4 is 0 Å². The smallest absolute Gasteiger partial charge is 0.159 e. The van der Waals surface area contributed by atoms with Crippen molar-refractivity contribution >= 4 is 11.4 Å². The lowest BCUT2D eigenvalue weighted by atomic mass is 9.87. The molecule has 0 radical (unpaired) electrons. The molecule has 0 saturated carbocycles. The van der Waals surface area contributed by atoms with Crippen molar-refractivity contribution in [2.75, 3.05) is 13.1 Å². The first-order valence-electron chi connectivity index (χ1n) is 15.0. The van der Waals surface area contributed by atoms with Gasteiger partial charge in [-0.05, 0) is 117 Å². The van der Waals surface area contributed by atoms with Crippen molar-refractivity contribution < 1.29 is 13.6 Å². The number of likely N-dealkylation sites (tertiary alicyclic amines) is 1. The highest BCUT2D eigenvalue weighted by Crippen LogP contribution is 2.35. The van der Waals surface area contributed by atoms with E-state index in [0.29, 0.717) is 23.6 Å². The van der Waals surface area contributed by atoms with Crippen LogP contribution in [0.4, 0.5) is 8.78 Å². The Kier molecular flexibility index (Phi) is 10.4. The van der Waals surface area contributed by atoms with Gasteiger partial charge < -0.3 is 0 Å². The van der Waals surface area contributed by atoms with Gasteiger partial charge >= 0.3 is 0 Å². The van der Waals surface area contributed by atoms with Gasteiger partial charge in [0.2, 0.25) is 0 Å². The Labute approximate surface area is 244 Å². The molecule has 2 nitrogen and oxygen atoms in total. The maximum Gasteiger partial charge on any atom is 0.159 e. The number of halogens is 2. The lowest BCUT2D eigenvalue weighted by Gasteiger charge is -2.32. The number of benzene rings is 3. The number of rotatable bonds is 7. The average Bonchev–Trinajstić information content (AvgIpc) is 3.09. The highest BCUT2D eigenvalue weighted by atomic mass is 19.1. The summed E-state index contributed by atoms with van der Waals surface area (Å²) in [7, 11) is 0. The van der Waals surface area contributed by atoms with Gasteiger partial charge in [0, 0.05) is 17.7 Å². The molecule has 1 saturated heterocycles. The number of piperidine rings is 1. The van der Waals surface area contributed by atoms with E-state index in [1.165, 1.54) is 45.5 Å². The van der Waals surface area contributed by atoms with Crippen molar-refractivity contribution in [3.63, 3.8) is 0 Å². The van der Waals surface area contributed by atoms with Crippen LogP contribution in [-0.4, -0.2) is 23.8 Å². The summed E-state index contributed by atoms with van der Waals surface area (Å²) in [5.74, 6) is 0.0306. The van der Waals surface area contributed by atoms with Crippen molar-refractivity contribution in [2.24, 2.45) is 5.92 Å². The van der Waals surface area contributed by atoms with Gasteiger partial charge in [-0.1, -0.05) is 74.0 Å². The minimum absolute atomic E-state index is 0.0892. The van der Waals surface area contributed by atoms with E-state index >= 15 is 0 Å². The zero-order valence-electron chi connectivity index (χ0n) is 25.2. The molecule has 0 spiro atoms. The fourth-order valence-corrected chi connectivity index (χ4v) is 6.07. The van der Waals surface area contributed by atoms with Crippen LogP contribution in [0.15, 0.2) is 77.9 Å². The normalized spacial score (nSPS) is 15.9. The summed E-state index contributed by atoms with van der Waals surface area (Å²) in [6.45, 7) is 11.7. The summed E-state index contributed by atoms with van der Waals surface area (Å²) in [5.41, 5.74) is 9.55. The molecule has 0 aromatic heterocycles. The number of hydrogen-bond acceptors (Lipinski definition) is 2.